The quantitative estimate of drug-likeness (QED) is 0.384. The molecule has 3 rings (SSSR count). The number of thioether (sulfide) groups is 1. The van der Waals surface area contributed by atoms with E-state index in [2.05, 4.69) is 21.2 Å². The molecule has 1 atom stereocenters. The number of hydrogen-bond acceptors (Lipinski definition) is 3. The van der Waals surface area contributed by atoms with Gasteiger partial charge in [-0.3, -0.25) is 9.59 Å². The second-order valence-corrected chi connectivity index (χ2v) is 10.7. The summed E-state index contributed by atoms with van der Waals surface area (Å²) >= 11 is 17.4. The van der Waals surface area contributed by atoms with Gasteiger partial charge in [0.2, 0.25) is 11.8 Å². The summed E-state index contributed by atoms with van der Waals surface area (Å²) in [6.07, 6.45) is 4.29. The van der Waals surface area contributed by atoms with E-state index >= 15 is 0 Å². The van der Waals surface area contributed by atoms with Crippen LogP contribution in [0.3, 0.4) is 0 Å². The van der Waals surface area contributed by atoms with Crippen LogP contribution in [0.25, 0.3) is 0 Å². The molecule has 0 bridgehead atoms. The third kappa shape index (κ3) is 7.14. The minimum atomic E-state index is -0.563. The molecule has 1 aliphatic rings. The Morgan fingerprint density at radius 1 is 1.16 bits per heavy atom. The molecule has 0 radical (unpaired) electrons. The molecule has 2 aromatic carbocycles. The van der Waals surface area contributed by atoms with Crippen LogP contribution in [0.2, 0.25) is 10.0 Å². The van der Waals surface area contributed by atoms with Crippen LogP contribution in [0.5, 0.6) is 0 Å². The molecule has 0 spiro atoms. The molecule has 8 heteroatoms. The van der Waals surface area contributed by atoms with Crippen LogP contribution in [-0.2, 0) is 21.9 Å². The summed E-state index contributed by atoms with van der Waals surface area (Å²) in [6, 6.07) is 12.8. The Morgan fingerprint density at radius 2 is 1.81 bits per heavy atom. The van der Waals surface area contributed by atoms with Crippen LogP contribution < -0.4 is 5.32 Å². The average Bonchev–Trinajstić information content (AvgIpc) is 3.26. The predicted molar refractivity (Wildman–Crippen MR) is 137 cm³/mol. The van der Waals surface area contributed by atoms with Crippen molar-refractivity contribution >= 4 is 62.7 Å². The maximum atomic E-state index is 13.2. The first-order valence-electron chi connectivity index (χ1n) is 10.7. The first-order chi connectivity index (χ1) is 15.3. The zero-order valence-corrected chi connectivity index (χ0v) is 21.9. The summed E-state index contributed by atoms with van der Waals surface area (Å²) in [5.41, 5.74) is 1.78. The Morgan fingerprint density at radius 3 is 2.47 bits per heavy atom. The third-order valence-electron chi connectivity index (χ3n) is 5.64. The van der Waals surface area contributed by atoms with Crippen LogP contribution in [0.4, 0.5) is 0 Å². The average molecular weight is 558 g/mol. The molecule has 1 aliphatic carbocycles. The van der Waals surface area contributed by atoms with E-state index in [4.69, 9.17) is 23.2 Å². The lowest BCUT2D eigenvalue weighted by molar-refractivity contribution is -0.138. The lowest BCUT2D eigenvalue weighted by Gasteiger charge is -2.29. The molecule has 32 heavy (non-hydrogen) atoms. The topological polar surface area (TPSA) is 49.4 Å². The fourth-order valence-electron chi connectivity index (χ4n) is 3.80. The smallest absolute Gasteiger partial charge is 0.242 e. The summed E-state index contributed by atoms with van der Waals surface area (Å²) in [6.45, 7) is 2.17. The Bertz CT molecular complexity index is 933. The van der Waals surface area contributed by atoms with Gasteiger partial charge in [-0.1, -0.05) is 70.2 Å². The molecule has 0 unspecified atom stereocenters. The van der Waals surface area contributed by atoms with Crippen molar-refractivity contribution < 1.29 is 9.59 Å². The van der Waals surface area contributed by atoms with Crippen LogP contribution in [0.1, 0.15) is 43.7 Å². The highest BCUT2D eigenvalue weighted by atomic mass is 79.9. The van der Waals surface area contributed by atoms with E-state index in [1.807, 2.05) is 24.3 Å². The lowest BCUT2D eigenvalue weighted by atomic mass is 10.1. The fourth-order valence-corrected chi connectivity index (χ4v) is 5.89. The number of nitrogens with one attached hydrogen (secondary N) is 1. The van der Waals surface area contributed by atoms with Gasteiger partial charge in [0.1, 0.15) is 6.04 Å². The van der Waals surface area contributed by atoms with Crippen LogP contribution >= 0.6 is 50.9 Å². The number of carbonyl (C=O) groups is 2. The number of amides is 2. The van der Waals surface area contributed by atoms with Crippen molar-refractivity contribution in [2.75, 3.05) is 5.75 Å². The number of benzene rings is 2. The molecule has 0 saturated heterocycles. The number of rotatable bonds is 9. The van der Waals surface area contributed by atoms with E-state index in [-0.39, 0.29) is 23.6 Å². The van der Waals surface area contributed by atoms with E-state index in [1.165, 1.54) is 11.8 Å². The fraction of sp³-hybridized carbons (Fsp3) is 0.417. The molecule has 1 saturated carbocycles. The van der Waals surface area contributed by atoms with Gasteiger partial charge in [-0.05, 0) is 55.2 Å². The highest BCUT2D eigenvalue weighted by Gasteiger charge is 2.28. The largest absolute Gasteiger partial charge is 0.352 e. The summed E-state index contributed by atoms with van der Waals surface area (Å²) in [5.74, 6) is 0.570. The summed E-state index contributed by atoms with van der Waals surface area (Å²) in [4.78, 5) is 27.8. The van der Waals surface area contributed by atoms with Crippen LogP contribution in [0.15, 0.2) is 46.9 Å². The Labute approximate surface area is 212 Å². The second kappa shape index (κ2) is 12.3. The normalized spacial score (nSPS) is 14.9. The van der Waals surface area contributed by atoms with Crippen molar-refractivity contribution in [3.05, 3.63) is 68.1 Å². The molecule has 1 fully saturated rings. The van der Waals surface area contributed by atoms with Gasteiger partial charge in [-0.25, -0.2) is 0 Å². The monoisotopic (exact) mass is 556 g/mol. The molecule has 4 nitrogen and oxygen atoms in total. The number of halogens is 3. The minimum absolute atomic E-state index is 0.0905. The van der Waals surface area contributed by atoms with Crippen molar-refractivity contribution in [3.63, 3.8) is 0 Å². The SMILES string of the molecule is C[C@@H](C(=O)NC1CCCC1)N(Cc1cccc(Br)c1)C(=O)CSCc1c(Cl)cccc1Cl. The molecule has 0 aromatic heterocycles. The summed E-state index contributed by atoms with van der Waals surface area (Å²) in [5, 5.41) is 4.31. The molecule has 0 heterocycles. The van der Waals surface area contributed by atoms with Crippen LogP contribution in [0, 0.1) is 0 Å². The summed E-state index contributed by atoms with van der Waals surface area (Å²) in [7, 11) is 0. The van der Waals surface area contributed by atoms with E-state index in [1.54, 1.807) is 30.0 Å². The Balaban J connectivity index is 1.68. The zero-order chi connectivity index (χ0) is 23.1. The zero-order valence-electron chi connectivity index (χ0n) is 18.0. The molecule has 172 valence electrons. The number of hydrogen-bond donors (Lipinski definition) is 1. The first-order valence-corrected chi connectivity index (χ1v) is 13.4. The highest BCUT2D eigenvalue weighted by Crippen LogP contribution is 2.28. The van der Waals surface area contributed by atoms with Gasteiger partial charge in [0.05, 0.1) is 5.75 Å². The Kier molecular flexibility index (Phi) is 9.77. The standard InChI is InChI=1S/C24H27BrCl2N2O2S/c1-16(24(31)28-19-8-2-3-9-19)29(13-17-6-4-7-18(25)12-17)23(30)15-32-14-20-21(26)10-5-11-22(20)27/h4-7,10-12,16,19H,2-3,8-9,13-15H2,1H3,(H,28,31)/t16-/m0/s1. The highest BCUT2D eigenvalue weighted by molar-refractivity contribution is 9.10. The maximum absolute atomic E-state index is 13.2. The van der Waals surface area contributed by atoms with Gasteiger partial charge < -0.3 is 10.2 Å². The van der Waals surface area contributed by atoms with Gasteiger partial charge in [0.25, 0.3) is 0 Å². The molecular weight excluding hydrogens is 531 g/mol. The van der Waals surface area contributed by atoms with Gasteiger partial charge >= 0.3 is 0 Å². The molecule has 0 aliphatic heterocycles. The summed E-state index contributed by atoms with van der Waals surface area (Å²) < 4.78 is 0.938. The molecule has 2 amide bonds. The Hall–Kier alpha value is -1.21. The third-order valence-corrected chi connectivity index (χ3v) is 7.79. The van der Waals surface area contributed by atoms with Gasteiger partial charge in [0.15, 0.2) is 0 Å². The van der Waals surface area contributed by atoms with Gasteiger partial charge in [-0.2, -0.15) is 0 Å². The van der Waals surface area contributed by atoms with Gasteiger partial charge in [0, 0.05) is 32.9 Å². The minimum Gasteiger partial charge on any atom is -0.352 e. The van der Waals surface area contributed by atoms with Crippen molar-refractivity contribution in [2.45, 2.75) is 57.0 Å². The lowest BCUT2D eigenvalue weighted by Crippen LogP contribution is -2.50. The molecule has 2 aromatic rings. The first kappa shape index (κ1) is 25.4. The number of nitrogens with zero attached hydrogens (tertiary/aromatic N) is 1. The van der Waals surface area contributed by atoms with Crippen molar-refractivity contribution in [1.82, 2.24) is 10.2 Å². The van der Waals surface area contributed by atoms with Crippen LogP contribution in [-0.4, -0.2) is 34.6 Å². The number of carbonyl (C=O) groups excluding carboxylic acids is 2. The van der Waals surface area contributed by atoms with E-state index in [9.17, 15) is 9.59 Å². The van der Waals surface area contributed by atoms with E-state index in [0.29, 0.717) is 22.3 Å². The van der Waals surface area contributed by atoms with Crippen molar-refractivity contribution in [3.8, 4) is 0 Å². The molecule has 1 N–H and O–H groups in total. The maximum Gasteiger partial charge on any atom is 0.242 e. The van der Waals surface area contributed by atoms with Gasteiger partial charge in [-0.15, -0.1) is 11.8 Å². The van der Waals surface area contributed by atoms with Crippen molar-refractivity contribution in [2.24, 2.45) is 0 Å². The van der Waals surface area contributed by atoms with Crippen molar-refractivity contribution in [1.29, 1.82) is 0 Å². The van der Waals surface area contributed by atoms with E-state index < -0.39 is 6.04 Å². The predicted octanol–water partition coefficient (Wildman–Crippen LogP) is 6.47. The molecular formula is C24H27BrCl2N2O2S. The second-order valence-electron chi connectivity index (χ2n) is 8.01. The van der Waals surface area contributed by atoms with E-state index in [0.717, 1.165) is 41.3 Å².